The smallest absolute Gasteiger partial charge is 0.262 e. The number of benzene rings is 2. The maximum atomic E-state index is 11.9. The van der Waals surface area contributed by atoms with Crippen LogP contribution in [0.25, 0.3) is 0 Å². The summed E-state index contributed by atoms with van der Waals surface area (Å²) in [5.74, 6) is -0.0257. The Morgan fingerprint density at radius 1 is 1.09 bits per heavy atom. The van der Waals surface area contributed by atoms with E-state index in [1.165, 1.54) is 6.92 Å². The number of carbonyl (C=O) groups excluding carboxylic acids is 2. The van der Waals surface area contributed by atoms with Crippen molar-refractivity contribution >= 4 is 34.8 Å². The van der Waals surface area contributed by atoms with Crippen LogP contribution < -0.4 is 15.4 Å². The molecular weight excluding hydrogens is 316 g/mol. The molecule has 0 aromatic heterocycles. The van der Waals surface area contributed by atoms with Crippen molar-refractivity contribution in [2.45, 2.75) is 13.8 Å². The SMILES string of the molecule is CC(=O)Nc1cccc(NC(=O)COc2cc(C)ccc2Cl)c1. The van der Waals surface area contributed by atoms with E-state index in [0.717, 1.165) is 5.56 Å². The molecule has 2 N–H and O–H groups in total. The molecule has 0 aliphatic heterocycles. The Morgan fingerprint density at radius 2 is 1.78 bits per heavy atom. The van der Waals surface area contributed by atoms with Gasteiger partial charge in [0.2, 0.25) is 5.91 Å². The molecule has 2 aromatic carbocycles. The Morgan fingerprint density at radius 3 is 2.48 bits per heavy atom. The minimum Gasteiger partial charge on any atom is -0.482 e. The minimum atomic E-state index is -0.317. The van der Waals surface area contributed by atoms with E-state index >= 15 is 0 Å². The van der Waals surface area contributed by atoms with Crippen LogP contribution in [0.3, 0.4) is 0 Å². The highest BCUT2D eigenvalue weighted by Crippen LogP contribution is 2.25. The highest BCUT2D eigenvalue weighted by atomic mass is 35.5. The second kappa shape index (κ2) is 7.65. The first-order valence-electron chi connectivity index (χ1n) is 7.00. The van der Waals surface area contributed by atoms with Crippen LogP contribution in [0, 0.1) is 6.92 Å². The topological polar surface area (TPSA) is 67.4 Å². The molecule has 0 saturated heterocycles. The van der Waals surface area contributed by atoms with Gasteiger partial charge >= 0.3 is 0 Å². The van der Waals surface area contributed by atoms with E-state index in [9.17, 15) is 9.59 Å². The molecule has 0 saturated carbocycles. The second-order valence-corrected chi connectivity index (χ2v) is 5.44. The number of ether oxygens (including phenoxy) is 1. The van der Waals surface area contributed by atoms with Crippen molar-refractivity contribution in [3.63, 3.8) is 0 Å². The Balaban J connectivity index is 1.94. The van der Waals surface area contributed by atoms with Crippen LogP contribution in [-0.2, 0) is 9.59 Å². The van der Waals surface area contributed by atoms with E-state index in [4.69, 9.17) is 16.3 Å². The minimum absolute atomic E-state index is 0.159. The zero-order valence-electron chi connectivity index (χ0n) is 12.9. The van der Waals surface area contributed by atoms with Crippen molar-refractivity contribution < 1.29 is 14.3 Å². The van der Waals surface area contributed by atoms with Gasteiger partial charge in [-0.2, -0.15) is 0 Å². The maximum absolute atomic E-state index is 11.9. The van der Waals surface area contributed by atoms with Crippen LogP contribution in [0.1, 0.15) is 12.5 Å². The highest BCUT2D eigenvalue weighted by molar-refractivity contribution is 6.32. The average molecular weight is 333 g/mol. The van der Waals surface area contributed by atoms with Gasteiger partial charge in [0.15, 0.2) is 6.61 Å². The lowest BCUT2D eigenvalue weighted by Gasteiger charge is -2.10. The van der Waals surface area contributed by atoms with E-state index in [1.54, 1.807) is 36.4 Å². The number of amides is 2. The number of aryl methyl sites for hydroxylation is 1. The number of anilines is 2. The third-order valence-electron chi connectivity index (χ3n) is 2.91. The normalized spacial score (nSPS) is 10.0. The lowest BCUT2D eigenvalue weighted by Crippen LogP contribution is -2.20. The van der Waals surface area contributed by atoms with Crippen LogP contribution in [0.2, 0.25) is 5.02 Å². The molecule has 0 unspecified atom stereocenters. The van der Waals surface area contributed by atoms with Gasteiger partial charge in [-0.1, -0.05) is 23.7 Å². The number of hydrogen-bond acceptors (Lipinski definition) is 3. The summed E-state index contributed by atoms with van der Waals surface area (Å²) >= 11 is 6.01. The van der Waals surface area contributed by atoms with E-state index in [2.05, 4.69) is 10.6 Å². The number of halogens is 1. The van der Waals surface area contributed by atoms with Gasteiger partial charge < -0.3 is 15.4 Å². The van der Waals surface area contributed by atoms with Crippen molar-refractivity contribution in [1.82, 2.24) is 0 Å². The molecule has 0 aliphatic carbocycles. The summed E-state index contributed by atoms with van der Waals surface area (Å²) in [5, 5.41) is 5.81. The number of carbonyl (C=O) groups is 2. The van der Waals surface area contributed by atoms with Crippen molar-refractivity contribution in [3.8, 4) is 5.75 Å². The second-order valence-electron chi connectivity index (χ2n) is 5.03. The third kappa shape index (κ3) is 5.30. The Bertz CT molecular complexity index is 732. The zero-order chi connectivity index (χ0) is 16.8. The van der Waals surface area contributed by atoms with Gasteiger partial charge in [-0.05, 0) is 42.8 Å². The summed E-state index contributed by atoms with van der Waals surface area (Å²) < 4.78 is 5.43. The lowest BCUT2D eigenvalue weighted by atomic mass is 10.2. The van der Waals surface area contributed by atoms with E-state index in [1.807, 2.05) is 13.0 Å². The van der Waals surface area contributed by atoms with Crippen molar-refractivity contribution in [2.24, 2.45) is 0 Å². The van der Waals surface area contributed by atoms with Crippen LogP contribution in [0.5, 0.6) is 5.75 Å². The fraction of sp³-hybridized carbons (Fsp3) is 0.176. The highest BCUT2D eigenvalue weighted by Gasteiger charge is 2.07. The molecule has 0 bridgehead atoms. The first-order chi connectivity index (χ1) is 10.9. The van der Waals surface area contributed by atoms with Gasteiger partial charge in [-0.3, -0.25) is 9.59 Å². The van der Waals surface area contributed by atoms with Crippen LogP contribution in [0.15, 0.2) is 42.5 Å². The molecule has 23 heavy (non-hydrogen) atoms. The summed E-state index contributed by atoms with van der Waals surface area (Å²) in [5.41, 5.74) is 2.17. The largest absolute Gasteiger partial charge is 0.482 e. The van der Waals surface area contributed by atoms with E-state index in [0.29, 0.717) is 22.1 Å². The summed E-state index contributed by atoms with van der Waals surface area (Å²) in [6, 6.07) is 12.2. The monoisotopic (exact) mass is 332 g/mol. The van der Waals surface area contributed by atoms with Crippen LogP contribution in [0.4, 0.5) is 11.4 Å². The number of hydrogen-bond donors (Lipinski definition) is 2. The van der Waals surface area contributed by atoms with Gasteiger partial charge in [0.1, 0.15) is 5.75 Å². The first kappa shape index (κ1) is 16.8. The molecule has 6 heteroatoms. The molecule has 0 radical (unpaired) electrons. The summed E-state index contributed by atoms with van der Waals surface area (Å²) in [7, 11) is 0. The van der Waals surface area contributed by atoms with Gasteiger partial charge in [0.25, 0.3) is 5.91 Å². The molecule has 0 aliphatic rings. The predicted molar refractivity (Wildman–Crippen MR) is 91.1 cm³/mol. The van der Waals surface area contributed by atoms with E-state index < -0.39 is 0 Å². The molecular formula is C17H17ClN2O3. The summed E-state index contributed by atoms with van der Waals surface area (Å²) in [4.78, 5) is 23.0. The first-order valence-corrected chi connectivity index (χ1v) is 7.38. The summed E-state index contributed by atoms with van der Waals surface area (Å²) in [6.45, 7) is 3.18. The molecule has 2 aromatic rings. The predicted octanol–water partition coefficient (Wildman–Crippen LogP) is 3.62. The molecule has 0 spiro atoms. The summed E-state index contributed by atoms with van der Waals surface area (Å²) in [6.07, 6.45) is 0. The number of rotatable bonds is 5. The standard InChI is InChI=1S/C17H17ClN2O3/c1-11-6-7-15(18)16(8-11)23-10-17(22)20-14-5-3-4-13(9-14)19-12(2)21/h3-9H,10H2,1-2H3,(H,19,21)(H,20,22). The van der Waals surface area contributed by atoms with Gasteiger partial charge in [0, 0.05) is 18.3 Å². The van der Waals surface area contributed by atoms with Crippen molar-refractivity contribution in [3.05, 3.63) is 53.1 Å². The van der Waals surface area contributed by atoms with Crippen molar-refractivity contribution in [2.75, 3.05) is 17.2 Å². The lowest BCUT2D eigenvalue weighted by molar-refractivity contribution is -0.118. The Kier molecular flexibility index (Phi) is 5.60. The van der Waals surface area contributed by atoms with Crippen LogP contribution in [-0.4, -0.2) is 18.4 Å². The number of nitrogens with one attached hydrogen (secondary N) is 2. The maximum Gasteiger partial charge on any atom is 0.262 e. The molecule has 0 atom stereocenters. The molecule has 2 amide bonds. The molecule has 0 fully saturated rings. The van der Waals surface area contributed by atoms with Crippen LogP contribution >= 0.6 is 11.6 Å². The molecule has 5 nitrogen and oxygen atoms in total. The Labute approximate surface area is 139 Å². The van der Waals surface area contributed by atoms with E-state index in [-0.39, 0.29) is 18.4 Å². The third-order valence-corrected chi connectivity index (χ3v) is 3.22. The van der Waals surface area contributed by atoms with Gasteiger partial charge in [0.05, 0.1) is 5.02 Å². The Hall–Kier alpha value is -2.53. The molecule has 120 valence electrons. The fourth-order valence-corrected chi connectivity index (χ4v) is 2.11. The van der Waals surface area contributed by atoms with Gasteiger partial charge in [-0.25, -0.2) is 0 Å². The van der Waals surface area contributed by atoms with Crippen molar-refractivity contribution in [1.29, 1.82) is 0 Å². The fourth-order valence-electron chi connectivity index (χ4n) is 1.94. The molecule has 2 rings (SSSR count). The zero-order valence-corrected chi connectivity index (χ0v) is 13.6. The quantitative estimate of drug-likeness (QED) is 0.878. The van der Waals surface area contributed by atoms with Gasteiger partial charge in [-0.15, -0.1) is 0 Å². The molecule has 0 heterocycles. The average Bonchev–Trinajstić information content (AvgIpc) is 2.48.